The van der Waals surface area contributed by atoms with Gasteiger partial charge in [0.1, 0.15) is 11.6 Å². The molecule has 3 fully saturated rings. The van der Waals surface area contributed by atoms with Gasteiger partial charge in [-0.25, -0.2) is 9.97 Å². The summed E-state index contributed by atoms with van der Waals surface area (Å²) in [6.07, 6.45) is 6.08. The van der Waals surface area contributed by atoms with Crippen molar-refractivity contribution in [2.75, 3.05) is 51.5 Å². The first-order valence-corrected chi connectivity index (χ1v) is 9.48. The van der Waals surface area contributed by atoms with Gasteiger partial charge in [-0.2, -0.15) is 0 Å². The molecule has 3 saturated heterocycles. The summed E-state index contributed by atoms with van der Waals surface area (Å²) in [5, 5.41) is 3.54. The van der Waals surface area contributed by atoms with E-state index in [9.17, 15) is 0 Å². The van der Waals surface area contributed by atoms with Gasteiger partial charge in [0.25, 0.3) is 0 Å². The molecule has 0 unspecified atom stereocenters. The second-order valence-electron chi connectivity index (χ2n) is 7.00. The van der Waals surface area contributed by atoms with Crippen LogP contribution in [0.25, 0.3) is 0 Å². The smallest absolute Gasteiger partial charge is 0.150 e. The molecular formula is C18H28N4O3. The van der Waals surface area contributed by atoms with E-state index in [4.69, 9.17) is 19.2 Å². The lowest BCUT2D eigenvalue weighted by molar-refractivity contribution is -0.0591. The van der Waals surface area contributed by atoms with Crippen molar-refractivity contribution in [1.29, 1.82) is 0 Å². The topological polar surface area (TPSA) is 68.7 Å². The van der Waals surface area contributed by atoms with E-state index in [0.29, 0.717) is 18.7 Å². The number of nitrogens with one attached hydrogen (secondary N) is 1. The van der Waals surface area contributed by atoms with Crippen LogP contribution in [0.15, 0.2) is 12.3 Å². The lowest BCUT2D eigenvalue weighted by Crippen LogP contribution is -2.48. The summed E-state index contributed by atoms with van der Waals surface area (Å²) in [5.74, 6) is 1.78. The maximum Gasteiger partial charge on any atom is 0.150 e. The van der Waals surface area contributed by atoms with Gasteiger partial charge in [0, 0.05) is 51.3 Å². The highest BCUT2D eigenvalue weighted by Crippen LogP contribution is 2.28. The first-order chi connectivity index (χ1) is 12.4. The Balaban J connectivity index is 1.47. The van der Waals surface area contributed by atoms with Crippen LogP contribution in [0.4, 0.5) is 5.82 Å². The third kappa shape index (κ3) is 4.28. The summed E-state index contributed by atoms with van der Waals surface area (Å²) < 4.78 is 16.7. The number of hydrogen-bond donors (Lipinski definition) is 1. The van der Waals surface area contributed by atoms with Crippen LogP contribution >= 0.6 is 0 Å². The Morgan fingerprint density at radius 3 is 2.52 bits per heavy atom. The quantitative estimate of drug-likeness (QED) is 0.887. The Morgan fingerprint density at radius 1 is 0.960 bits per heavy atom. The summed E-state index contributed by atoms with van der Waals surface area (Å²) >= 11 is 0. The largest absolute Gasteiger partial charge is 0.381 e. The molecule has 3 aliphatic heterocycles. The molecule has 3 aliphatic rings. The van der Waals surface area contributed by atoms with Crippen LogP contribution in [0, 0.1) is 0 Å². The average Bonchev–Trinajstić information content (AvgIpc) is 2.70. The van der Waals surface area contributed by atoms with Crippen molar-refractivity contribution >= 4 is 5.82 Å². The van der Waals surface area contributed by atoms with Crippen molar-refractivity contribution in [2.24, 2.45) is 0 Å². The number of morpholine rings is 1. The first-order valence-electron chi connectivity index (χ1n) is 9.48. The standard InChI is InChI=1S/C18H28N4O3/c1-6-19-18(21-17(1)20-14-2-8-23-9-3-14)16-13-25-12-7-22(16)15-4-10-24-11-5-15/h1,6,14-16H,2-5,7-13H2,(H,19,20,21)/t16-/m0/s1. The lowest BCUT2D eigenvalue weighted by atomic mass is 10.0. The van der Waals surface area contributed by atoms with E-state index in [-0.39, 0.29) is 6.04 Å². The maximum absolute atomic E-state index is 5.76. The fraction of sp³-hybridized carbons (Fsp3) is 0.778. The molecule has 4 heterocycles. The molecule has 0 radical (unpaired) electrons. The number of hydrogen-bond acceptors (Lipinski definition) is 7. The van der Waals surface area contributed by atoms with Gasteiger partial charge in [0.15, 0.2) is 0 Å². The maximum atomic E-state index is 5.76. The van der Waals surface area contributed by atoms with E-state index in [1.54, 1.807) is 0 Å². The highest BCUT2D eigenvalue weighted by atomic mass is 16.5. The van der Waals surface area contributed by atoms with Crippen LogP contribution in [0.1, 0.15) is 37.5 Å². The van der Waals surface area contributed by atoms with Gasteiger partial charge in [-0.15, -0.1) is 0 Å². The Hall–Kier alpha value is -1.28. The van der Waals surface area contributed by atoms with Crippen LogP contribution in [-0.2, 0) is 14.2 Å². The molecule has 1 aromatic rings. The monoisotopic (exact) mass is 348 g/mol. The third-order valence-corrected chi connectivity index (χ3v) is 5.38. The van der Waals surface area contributed by atoms with Crippen molar-refractivity contribution in [2.45, 2.75) is 43.8 Å². The number of ether oxygens (including phenoxy) is 3. The van der Waals surface area contributed by atoms with E-state index in [1.165, 1.54) is 0 Å². The molecule has 1 atom stereocenters. The number of anilines is 1. The van der Waals surface area contributed by atoms with E-state index < -0.39 is 0 Å². The van der Waals surface area contributed by atoms with Gasteiger partial charge in [-0.05, 0) is 31.7 Å². The zero-order valence-electron chi connectivity index (χ0n) is 14.7. The van der Waals surface area contributed by atoms with Gasteiger partial charge in [-0.3, -0.25) is 4.90 Å². The van der Waals surface area contributed by atoms with Crippen molar-refractivity contribution in [3.63, 3.8) is 0 Å². The number of nitrogens with zero attached hydrogens (tertiary/aromatic N) is 3. The van der Waals surface area contributed by atoms with Crippen molar-refractivity contribution in [3.8, 4) is 0 Å². The van der Waals surface area contributed by atoms with Crippen LogP contribution in [0.3, 0.4) is 0 Å². The van der Waals surface area contributed by atoms with Crippen molar-refractivity contribution in [3.05, 3.63) is 18.1 Å². The molecule has 0 aromatic carbocycles. The van der Waals surface area contributed by atoms with Crippen LogP contribution in [-0.4, -0.2) is 73.1 Å². The first kappa shape index (κ1) is 17.1. The molecule has 7 nitrogen and oxygen atoms in total. The minimum atomic E-state index is 0.133. The minimum Gasteiger partial charge on any atom is -0.381 e. The molecule has 0 bridgehead atoms. The third-order valence-electron chi connectivity index (χ3n) is 5.38. The normalized spacial score (nSPS) is 27.3. The Bertz CT molecular complexity index is 547. The van der Waals surface area contributed by atoms with E-state index >= 15 is 0 Å². The second kappa shape index (κ2) is 8.40. The molecule has 0 spiro atoms. The SMILES string of the molecule is c1cc(NC2CCOCC2)nc([C@@H]2COCCN2C2CCOCC2)n1. The zero-order valence-corrected chi connectivity index (χ0v) is 14.7. The second-order valence-corrected chi connectivity index (χ2v) is 7.00. The molecule has 1 aromatic heterocycles. The predicted molar refractivity (Wildman–Crippen MR) is 93.6 cm³/mol. The van der Waals surface area contributed by atoms with E-state index in [1.807, 2.05) is 12.3 Å². The average molecular weight is 348 g/mol. The molecule has 0 amide bonds. The molecular weight excluding hydrogens is 320 g/mol. The van der Waals surface area contributed by atoms with Crippen LogP contribution in [0.2, 0.25) is 0 Å². The molecule has 138 valence electrons. The fourth-order valence-corrected chi connectivity index (χ4v) is 3.96. The minimum absolute atomic E-state index is 0.133. The van der Waals surface area contributed by atoms with Gasteiger partial charge >= 0.3 is 0 Å². The lowest BCUT2D eigenvalue weighted by Gasteiger charge is -2.41. The molecule has 25 heavy (non-hydrogen) atoms. The molecule has 0 aliphatic carbocycles. The summed E-state index contributed by atoms with van der Waals surface area (Å²) in [4.78, 5) is 11.9. The fourth-order valence-electron chi connectivity index (χ4n) is 3.96. The summed E-state index contributed by atoms with van der Waals surface area (Å²) in [5.41, 5.74) is 0. The van der Waals surface area contributed by atoms with Crippen LogP contribution < -0.4 is 5.32 Å². The summed E-state index contributed by atoms with van der Waals surface area (Å²) in [6, 6.07) is 3.07. The summed E-state index contributed by atoms with van der Waals surface area (Å²) in [7, 11) is 0. The van der Waals surface area contributed by atoms with Gasteiger partial charge in [0.2, 0.25) is 0 Å². The van der Waals surface area contributed by atoms with Crippen molar-refractivity contribution < 1.29 is 14.2 Å². The Labute approximate surface area is 149 Å². The molecule has 4 rings (SSSR count). The Morgan fingerprint density at radius 2 is 1.72 bits per heavy atom. The van der Waals surface area contributed by atoms with E-state index in [0.717, 1.165) is 76.9 Å². The van der Waals surface area contributed by atoms with E-state index in [2.05, 4.69) is 15.2 Å². The molecule has 1 N–H and O–H groups in total. The molecule has 0 saturated carbocycles. The van der Waals surface area contributed by atoms with Gasteiger partial charge in [0.05, 0.1) is 19.3 Å². The highest BCUT2D eigenvalue weighted by Gasteiger charge is 2.33. The van der Waals surface area contributed by atoms with Gasteiger partial charge < -0.3 is 19.5 Å². The van der Waals surface area contributed by atoms with Gasteiger partial charge in [-0.1, -0.05) is 0 Å². The number of rotatable bonds is 4. The summed E-state index contributed by atoms with van der Waals surface area (Å²) in [6.45, 7) is 5.73. The van der Waals surface area contributed by atoms with Crippen LogP contribution in [0.5, 0.6) is 0 Å². The molecule has 7 heteroatoms. The highest BCUT2D eigenvalue weighted by molar-refractivity contribution is 5.34. The zero-order chi connectivity index (χ0) is 16.9. The number of aromatic nitrogens is 2. The van der Waals surface area contributed by atoms with Crippen molar-refractivity contribution in [1.82, 2.24) is 14.9 Å². The predicted octanol–water partition coefficient (Wildman–Crippen LogP) is 1.62. The Kier molecular flexibility index (Phi) is 5.76.